The summed E-state index contributed by atoms with van der Waals surface area (Å²) in [6, 6.07) is 3.56. The van der Waals surface area contributed by atoms with Crippen molar-refractivity contribution in [3.05, 3.63) is 33.0 Å². The highest BCUT2D eigenvalue weighted by Crippen LogP contribution is 2.27. The Bertz CT molecular complexity index is 354. The molecule has 2 rings (SSSR count). The summed E-state index contributed by atoms with van der Waals surface area (Å²) in [4.78, 5) is 0. The Labute approximate surface area is 109 Å². The number of piperidine rings is 1. The van der Waals surface area contributed by atoms with Gasteiger partial charge < -0.3 is 5.32 Å². The van der Waals surface area contributed by atoms with Crippen molar-refractivity contribution >= 4 is 27.5 Å². The van der Waals surface area contributed by atoms with E-state index in [4.69, 9.17) is 11.6 Å². The molecule has 1 aliphatic heterocycles. The van der Waals surface area contributed by atoms with Crippen molar-refractivity contribution in [2.24, 2.45) is 5.92 Å². The number of nitrogens with one attached hydrogen (secondary N) is 1. The Morgan fingerprint density at radius 3 is 2.94 bits per heavy atom. The van der Waals surface area contributed by atoms with Crippen molar-refractivity contribution in [1.29, 1.82) is 0 Å². The predicted molar refractivity (Wildman–Crippen MR) is 68.4 cm³/mol. The van der Waals surface area contributed by atoms with E-state index >= 15 is 0 Å². The van der Waals surface area contributed by atoms with E-state index in [-0.39, 0.29) is 10.8 Å². The molecule has 1 aliphatic rings. The molecule has 0 spiro atoms. The lowest BCUT2D eigenvalue weighted by atomic mass is 9.92. The molecule has 1 unspecified atom stereocenters. The molecule has 0 amide bonds. The van der Waals surface area contributed by atoms with E-state index < -0.39 is 0 Å². The zero-order valence-corrected chi connectivity index (χ0v) is 11.2. The minimum absolute atomic E-state index is 0.202. The van der Waals surface area contributed by atoms with Crippen LogP contribution in [0.15, 0.2) is 16.6 Å². The van der Waals surface area contributed by atoms with Crippen LogP contribution in [0.5, 0.6) is 0 Å². The van der Waals surface area contributed by atoms with Gasteiger partial charge in [-0.3, -0.25) is 0 Å². The predicted octanol–water partition coefficient (Wildman–Crippen LogP) is 3.78. The Morgan fingerprint density at radius 1 is 1.50 bits per heavy atom. The van der Waals surface area contributed by atoms with Gasteiger partial charge >= 0.3 is 0 Å². The Balaban J connectivity index is 2.09. The van der Waals surface area contributed by atoms with Gasteiger partial charge in [-0.25, -0.2) is 4.39 Å². The maximum atomic E-state index is 13.3. The van der Waals surface area contributed by atoms with Crippen molar-refractivity contribution in [2.75, 3.05) is 13.1 Å². The maximum Gasteiger partial charge on any atom is 0.155 e. The number of hydrogen-bond acceptors (Lipinski definition) is 1. The van der Waals surface area contributed by atoms with E-state index in [0.29, 0.717) is 10.4 Å². The summed E-state index contributed by atoms with van der Waals surface area (Å²) in [5.74, 6) is 0.273. The largest absolute Gasteiger partial charge is 0.316 e. The number of halogens is 3. The van der Waals surface area contributed by atoms with E-state index in [1.54, 1.807) is 6.07 Å². The van der Waals surface area contributed by atoms with Crippen LogP contribution in [-0.2, 0) is 6.42 Å². The molecule has 0 bridgehead atoms. The molecule has 0 radical (unpaired) electrons. The van der Waals surface area contributed by atoms with Crippen LogP contribution in [-0.4, -0.2) is 13.1 Å². The lowest BCUT2D eigenvalue weighted by Gasteiger charge is -2.22. The van der Waals surface area contributed by atoms with Crippen LogP contribution in [0, 0.1) is 11.7 Å². The summed E-state index contributed by atoms with van der Waals surface area (Å²) in [6.45, 7) is 2.16. The third-order valence-corrected chi connectivity index (χ3v) is 3.82. The highest BCUT2D eigenvalue weighted by Gasteiger charge is 2.15. The van der Waals surface area contributed by atoms with Gasteiger partial charge in [0.05, 0.1) is 9.50 Å². The van der Waals surface area contributed by atoms with Crippen molar-refractivity contribution in [3.8, 4) is 0 Å². The van der Waals surface area contributed by atoms with Crippen molar-refractivity contribution in [1.82, 2.24) is 5.32 Å². The van der Waals surface area contributed by atoms with Gasteiger partial charge in [0, 0.05) is 0 Å². The monoisotopic (exact) mass is 305 g/mol. The minimum Gasteiger partial charge on any atom is -0.316 e. The fourth-order valence-electron chi connectivity index (χ4n) is 2.16. The molecule has 1 aromatic rings. The first-order valence-corrected chi connectivity index (χ1v) is 6.68. The van der Waals surface area contributed by atoms with Gasteiger partial charge in [-0.1, -0.05) is 11.6 Å². The van der Waals surface area contributed by atoms with E-state index in [9.17, 15) is 4.39 Å². The molecule has 1 aromatic carbocycles. The topological polar surface area (TPSA) is 12.0 Å². The Morgan fingerprint density at radius 2 is 2.31 bits per heavy atom. The summed E-state index contributed by atoms with van der Waals surface area (Å²) in [5.41, 5.74) is 1.10. The lowest BCUT2D eigenvalue weighted by Crippen LogP contribution is -2.30. The molecule has 1 atom stereocenters. The normalized spacial score (nSPS) is 21.1. The fourth-order valence-corrected chi connectivity index (χ4v) is 3.02. The molecule has 0 aliphatic carbocycles. The molecule has 88 valence electrons. The molecule has 4 heteroatoms. The highest BCUT2D eigenvalue weighted by atomic mass is 79.9. The third kappa shape index (κ3) is 2.96. The Hall–Kier alpha value is -0.120. The second-order valence-corrected chi connectivity index (χ2v) is 5.55. The summed E-state index contributed by atoms with van der Waals surface area (Å²) >= 11 is 9.00. The molecule has 16 heavy (non-hydrogen) atoms. The van der Waals surface area contributed by atoms with Gasteiger partial charge in [0.2, 0.25) is 0 Å². The van der Waals surface area contributed by atoms with Crippen LogP contribution in [0.4, 0.5) is 4.39 Å². The van der Waals surface area contributed by atoms with Crippen molar-refractivity contribution in [2.45, 2.75) is 19.3 Å². The molecule has 1 fully saturated rings. The molecule has 1 heterocycles. The summed E-state index contributed by atoms with van der Waals surface area (Å²) in [6.07, 6.45) is 3.42. The standard InChI is InChI=1S/C12H14BrClFN/c13-10-5-9(6-11(14)12(10)15)4-8-2-1-3-16-7-8/h5-6,8,16H,1-4,7H2. The molecular formula is C12H14BrClFN. The molecule has 1 saturated heterocycles. The smallest absolute Gasteiger partial charge is 0.155 e. The summed E-state index contributed by atoms with van der Waals surface area (Å²) < 4.78 is 13.8. The van der Waals surface area contributed by atoms with E-state index in [1.165, 1.54) is 12.8 Å². The maximum absolute atomic E-state index is 13.3. The highest BCUT2D eigenvalue weighted by molar-refractivity contribution is 9.10. The van der Waals surface area contributed by atoms with Crippen LogP contribution < -0.4 is 5.32 Å². The van der Waals surface area contributed by atoms with E-state index in [2.05, 4.69) is 21.2 Å². The van der Waals surface area contributed by atoms with Crippen LogP contribution in [0.25, 0.3) is 0 Å². The van der Waals surface area contributed by atoms with Crippen LogP contribution in [0.3, 0.4) is 0 Å². The van der Waals surface area contributed by atoms with Gasteiger partial charge in [-0.05, 0) is 71.9 Å². The van der Waals surface area contributed by atoms with Crippen molar-refractivity contribution < 1.29 is 4.39 Å². The first-order chi connectivity index (χ1) is 7.66. The van der Waals surface area contributed by atoms with Crippen LogP contribution >= 0.6 is 27.5 Å². The number of hydrogen-bond donors (Lipinski definition) is 1. The van der Waals surface area contributed by atoms with Gasteiger partial charge in [0.15, 0.2) is 5.82 Å². The van der Waals surface area contributed by atoms with Crippen molar-refractivity contribution in [3.63, 3.8) is 0 Å². The first-order valence-electron chi connectivity index (χ1n) is 5.51. The van der Waals surface area contributed by atoms with Gasteiger partial charge in [0.25, 0.3) is 0 Å². The van der Waals surface area contributed by atoms with Crippen LogP contribution in [0.1, 0.15) is 18.4 Å². The average molecular weight is 307 g/mol. The van der Waals surface area contributed by atoms with Gasteiger partial charge in [-0.15, -0.1) is 0 Å². The van der Waals surface area contributed by atoms with E-state index in [1.807, 2.05) is 6.07 Å². The second kappa shape index (κ2) is 5.48. The minimum atomic E-state index is -0.368. The average Bonchev–Trinajstić information content (AvgIpc) is 2.27. The Kier molecular flexibility index (Phi) is 4.22. The SMILES string of the molecule is Fc1c(Cl)cc(CC2CCCNC2)cc1Br. The third-order valence-electron chi connectivity index (χ3n) is 2.97. The molecule has 1 N–H and O–H groups in total. The zero-order valence-electron chi connectivity index (χ0n) is 8.90. The molecular weight excluding hydrogens is 292 g/mol. The summed E-state index contributed by atoms with van der Waals surface area (Å²) in [7, 11) is 0. The fraction of sp³-hybridized carbons (Fsp3) is 0.500. The van der Waals surface area contributed by atoms with Gasteiger partial charge in [0.1, 0.15) is 0 Å². The lowest BCUT2D eigenvalue weighted by molar-refractivity contribution is 0.376. The molecule has 0 saturated carbocycles. The molecule has 0 aromatic heterocycles. The number of rotatable bonds is 2. The summed E-state index contributed by atoms with van der Waals surface area (Å²) in [5, 5.41) is 3.58. The zero-order chi connectivity index (χ0) is 11.5. The quantitative estimate of drug-likeness (QED) is 0.820. The first kappa shape index (κ1) is 12.3. The number of benzene rings is 1. The van der Waals surface area contributed by atoms with Crippen LogP contribution in [0.2, 0.25) is 5.02 Å². The van der Waals surface area contributed by atoms with E-state index in [0.717, 1.165) is 25.1 Å². The second-order valence-electron chi connectivity index (χ2n) is 4.29. The molecule has 1 nitrogen and oxygen atoms in total. The van der Waals surface area contributed by atoms with Gasteiger partial charge in [-0.2, -0.15) is 0 Å².